The van der Waals surface area contributed by atoms with Crippen molar-refractivity contribution in [2.45, 2.75) is 45.1 Å². The Labute approximate surface area is 132 Å². The Hall–Kier alpha value is -1.36. The number of aryl methyl sites for hydroxylation is 1. The summed E-state index contributed by atoms with van der Waals surface area (Å²) >= 11 is 0. The predicted octanol–water partition coefficient (Wildman–Crippen LogP) is 2.60. The smallest absolute Gasteiger partial charge is 0.282 e. The molecule has 1 aromatic heterocycles. The molecule has 1 aliphatic heterocycles. The molecule has 1 fully saturated rings. The number of nitrogens with zero attached hydrogens (tertiary/aromatic N) is 3. The van der Waals surface area contributed by atoms with Crippen molar-refractivity contribution in [3.63, 3.8) is 0 Å². The number of hydrogen-bond acceptors (Lipinski definition) is 4. The fraction of sp³-hybridized carbons (Fsp3) is 0.667. The van der Waals surface area contributed by atoms with Crippen molar-refractivity contribution in [2.24, 2.45) is 0 Å². The molecule has 0 aromatic carbocycles. The third kappa shape index (κ3) is 3.69. The number of furan rings is 1. The second-order valence-corrected chi connectivity index (χ2v) is 7.65. The highest BCUT2D eigenvalue weighted by molar-refractivity contribution is 7.86. The average Bonchev–Trinajstić information content (AvgIpc) is 2.76. The molecule has 0 spiro atoms. The van der Waals surface area contributed by atoms with E-state index in [0.717, 1.165) is 31.4 Å². The maximum Gasteiger partial charge on any atom is 0.282 e. The zero-order chi connectivity index (χ0) is 16.2. The van der Waals surface area contributed by atoms with Crippen molar-refractivity contribution < 1.29 is 12.8 Å². The molecule has 0 unspecified atom stereocenters. The van der Waals surface area contributed by atoms with Crippen LogP contribution in [-0.2, 0) is 10.2 Å². The molecule has 1 aliphatic rings. The SMILES string of the molecule is Cc1ccc([C@H]2CCCCCN2S(=O)(=O)N(C)CCC#N)o1. The van der Waals surface area contributed by atoms with E-state index < -0.39 is 10.2 Å². The summed E-state index contributed by atoms with van der Waals surface area (Å²) in [6.07, 6.45) is 3.80. The van der Waals surface area contributed by atoms with Gasteiger partial charge in [-0.25, -0.2) is 0 Å². The molecule has 0 bridgehead atoms. The second-order valence-electron chi connectivity index (χ2n) is 5.66. The highest BCUT2D eigenvalue weighted by Crippen LogP contribution is 2.34. The van der Waals surface area contributed by atoms with Gasteiger partial charge >= 0.3 is 0 Å². The van der Waals surface area contributed by atoms with Crippen LogP contribution in [-0.4, -0.2) is 37.2 Å². The van der Waals surface area contributed by atoms with Crippen molar-refractivity contribution in [1.29, 1.82) is 5.26 Å². The minimum absolute atomic E-state index is 0.189. The Morgan fingerprint density at radius 1 is 1.41 bits per heavy atom. The highest BCUT2D eigenvalue weighted by Gasteiger charge is 2.36. The monoisotopic (exact) mass is 325 g/mol. The van der Waals surface area contributed by atoms with E-state index in [-0.39, 0.29) is 19.0 Å². The zero-order valence-electron chi connectivity index (χ0n) is 13.2. The van der Waals surface area contributed by atoms with Gasteiger partial charge in [-0.15, -0.1) is 0 Å². The second kappa shape index (κ2) is 7.27. The highest BCUT2D eigenvalue weighted by atomic mass is 32.2. The van der Waals surface area contributed by atoms with Crippen LogP contribution in [0.2, 0.25) is 0 Å². The molecule has 2 rings (SSSR count). The molecular formula is C15H23N3O3S. The third-order valence-electron chi connectivity index (χ3n) is 4.02. The van der Waals surface area contributed by atoms with Gasteiger partial charge in [-0.3, -0.25) is 0 Å². The van der Waals surface area contributed by atoms with Gasteiger partial charge in [0.25, 0.3) is 10.2 Å². The fourth-order valence-corrected chi connectivity index (χ4v) is 4.35. The summed E-state index contributed by atoms with van der Waals surface area (Å²) in [7, 11) is -2.06. The van der Waals surface area contributed by atoms with Crippen LogP contribution < -0.4 is 0 Å². The molecule has 0 amide bonds. The Morgan fingerprint density at radius 2 is 2.18 bits per heavy atom. The van der Waals surface area contributed by atoms with Crippen molar-refractivity contribution >= 4 is 10.2 Å². The molecular weight excluding hydrogens is 302 g/mol. The van der Waals surface area contributed by atoms with Crippen LogP contribution in [0.25, 0.3) is 0 Å². The van der Waals surface area contributed by atoms with Crippen LogP contribution in [0.1, 0.15) is 49.7 Å². The summed E-state index contributed by atoms with van der Waals surface area (Å²) < 4.78 is 34.2. The zero-order valence-corrected chi connectivity index (χ0v) is 14.0. The first kappa shape index (κ1) is 17.0. The molecule has 2 heterocycles. The standard InChI is InChI=1S/C15H23N3O3S/c1-13-8-9-15(21-13)14-7-4-3-5-12-18(14)22(19,20)17(2)11-6-10-16/h8-9,14H,3-7,11-12H2,1-2H3/t14-/m1/s1. The van der Waals surface area contributed by atoms with Gasteiger partial charge in [0.1, 0.15) is 11.5 Å². The Kier molecular flexibility index (Phi) is 5.62. The van der Waals surface area contributed by atoms with Gasteiger partial charge in [-0.2, -0.15) is 22.3 Å². The molecule has 6 nitrogen and oxygen atoms in total. The van der Waals surface area contributed by atoms with E-state index in [1.54, 1.807) is 0 Å². The quantitative estimate of drug-likeness (QED) is 0.833. The van der Waals surface area contributed by atoms with E-state index in [2.05, 4.69) is 0 Å². The minimum Gasteiger partial charge on any atom is -0.465 e. The lowest BCUT2D eigenvalue weighted by Gasteiger charge is -2.31. The Morgan fingerprint density at radius 3 is 2.82 bits per heavy atom. The van der Waals surface area contributed by atoms with Crippen LogP contribution in [0.3, 0.4) is 0 Å². The largest absolute Gasteiger partial charge is 0.465 e. The molecule has 22 heavy (non-hydrogen) atoms. The maximum atomic E-state index is 12.8. The third-order valence-corrected chi connectivity index (χ3v) is 6.02. The maximum absolute atomic E-state index is 12.8. The summed E-state index contributed by atoms with van der Waals surface area (Å²) in [5.74, 6) is 1.49. The van der Waals surface area contributed by atoms with Gasteiger partial charge in [0.15, 0.2) is 0 Å². The first-order valence-corrected chi connectivity index (χ1v) is 9.03. The summed E-state index contributed by atoms with van der Waals surface area (Å²) in [6.45, 7) is 2.56. The van der Waals surface area contributed by atoms with Gasteiger partial charge in [0.2, 0.25) is 0 Å². The van der Waals surface area contributed by atoms with Gasteiger partial charge in [-0.1, -0.05) is 12.8 Å². The van der Waals surface area contributed by atoms with Crippen LogP contribution in [0, 0.1) is 18.3 Å². The molecule has 0 N–H and O–H groups in total. The number of hydrogen-bond donors (Lipinski definition) is 0. The Bertz CT molecular complexity index is 633. The molecule has 7 heteroatoms. The summed E-state index contributed by atoms with van der Waals surface area (Å²) in [4.78, 5) is 0. The molecule has 122 valence electrons. The van der Waals surface area contributed by atoms with E-state index in [4.69, 9.17) is 9.68 Å². The first-order valence-electron chi connectivity index (χ1n) is 7.63. The fourth-order valence-electron chi connectivity index (χ4n) is 2.78. The van der Waals surface area contributed by atoms with Gasteiger partial charge < -0.3 is 4.42 Å². The van der Waals surface area contributed by atoms with Crippen molar-refractivity contribution in [3.05, 3.63) is 23.7 Å². The minimum atomic E-state index is -3.59. The van der Waals surface area contributed by atoms with Crippen LogP contribution in [0.5, 0.6) is 0 Å². The Balaban J connectivity index is 2.29. The molecule has 1 aromatic rings. The van der Waals surface area contributed by atoms with Crippen LogP contribution in [0.4, 0.5) is 0 Å². The molecule has 0 aliphatic carbocycles. The van der Waals surface area contributed by atoms with Gasteiger partial charge in [-0.05, 0) is 31.9 Å². The van der Waals surface area contributed by atoms with Crippen molar-refractivity contribution in [3.8, 4) is 6.07 Å². The van der Waals surface area contributed by atoms with Crippen molar-refractivity contribution in [2.75, 3.05) is 20.1 Å². The average molecular weight is 325 g/mol. The summed E-state index contributed by atoms with van der Waals surface area (Å²) in [5, 5.41) is 8.67. The molecule has 1 atom stereocenters. The molecule has 1 saturated heterocycles. The van der Waals surface area contributed by atoms with E-state index in [0.29, 0.717) is 12.3 Å². The van der Waals surface area contributed by atoms with E-state index in [1.807, 2.05) is 25.1 Å². The summed E-state index contributed by atoms with van der Waals surface area (Å²) in [5.41, 5.74) is 0. The van der Waals surface area contributed by atoms with E-state index in [1.165, 1.54) is 15.7 Å². The lowest BCUT2D eigenvalue weighted by atomic mass is 10.1. The summed E-state index contributed by atoms with van der Waals surface area (Å²) in [6, 6.07) is 5.46. The first-order chi connectivity index (χ1) is 10.5. The molecule has 0 radical (unpaired) electrons. The van der Waals surface area contributed by atoms with E-state index >= 15 is 0 Å². The lowest BCUT2D eigenvalue weighted by Crippen LogP contribution is -2.44. The normalized spacial score (nSPS) is 20.7. The van der Waals surface area contributed by atoms with Gasteiger partial charge in [0.05, 0.1) is 12.1 Å². The predicted molar refractivity (Wildman–Crippen MR) is 83.1 cm³/mol. The molecule has 0 saturated carbocycles. The van der Waals surface area contributed by atoms with Gasteiger partial charge in [0, 0.05) is 26.6 Å². The lowest BCUT2D eigenvalue weighted by molar-refractivity contribution is 0.264. The van der Waals surface area contributed by atoms with Crippen LogP contribution in [0.15, 0.2) is 16.5 Å². The van der Waals surface area contributed by atoms with Crippen LogP contribution >= 0.6 is 0 Å². The van der Waals surface area contributed by atoms with Crippen molar-refractivity contribution in [1.82, 2.24) is 8.61 Å². The topological polar surface area (TPSA) is 77.5 Å². The van der Waals surface area contributed by atoms with E-state index in [9.17, 15) is 8.42 Å². The number of rotatable bonds is 5. The number of nitriles is 1.